The first kappa shape index (κ1) is 22.1. The number of aliphatic hydroxyl groups excluding tert-OH is 1. The van der Waals surface area contributed by atoms with Crippen LogP contribution in [0.25, 0.3) is 0 Å². The lowest BCUT2D eigenvalue weighted by Gasteiger charge is -2.22. The van der Waals surface area contributed by atoms with Gasteiger partial charge in [-0.1, -0.05) is 24.3 Å². The van der Waals surface area contributed by atoms with Crippen LogP contribution in [0.3, 0.4) is 0 Å². The summed E-state index contributed by atoms with van der Waals surface area (Å²) in [6, 6.07) is 14.1. The lowest BCUT2D eigenvalue weighted by atomic mass is 10.0. The lowest BCUT2D eigenvalue weighted by molar-refractivity contribution is 0.0188. The standard InChI is InChI=1S/C21H27N3O5S/c1-28-16-7-3-14(4-8-16)11-18-20(19(25)13-23-18)29-21(26)24-12-15-5-9-17(10-6-15)30(2,22)27/h3-10,18-20,22-23,25H,11-13H2,1-2H3,(H,24,26)/t18-,19+,20+,30?/m1/s1. The van der Waals surface area contributed by atoms with Crippen LogP contribution in [-0.4, -0.2) is 53.6 Å². The Bertz CT molecular complexity index is 961. The second-order valence-corrected chi connectivity index (χ2v) is 9.50. The number of methoxy groups -OCH3 is 1. The number of carbonyl (C=O) groups excluding carboxylic acids is 1. The van der Waals surface area contributed by atoms with Crippen molar-refractivity contribution in [3.05, 3.63) is 59.7 Å². The van der Waals surface area contributed by atoms with Gasteiger partial charge in [-0.3, -0.25) is 0 Å². The smallest absolute Gasteiger partial charge is 0.407 e. The maximum atomic E-state index is 12.3. The molecular weight excluding hydrogens is 406 g/mol. The number of benzene rings is 2. The molecule has 1 heterocycles. The third kappa shape index (κ3) is 5.71. The summed E-state index contributed by atoms with van der Waals surface area (Å²) in [5.41, 5.74) is 1.83. The Morgan fingerprint density at radius 1 is 1.20 bits per heavy atom. The highest BCUT2D eigenvalue weighted by molar-refractivity contribution is 7.91. The van der Waals surface area contributed by atoms with E-state index in [1.807, 2.05) is 24.3 Å². The molecule has 30 heavy (non-hydrogen) atoms. The van der Waals surface area contributed by atoms with Crippen molar-refractivity contribution in [3.8, 4) is 5.75 Å². The Balaban J connectivity index is 1.54. The van der Waals surface area contributed by atoms with Gasteiger partial charge in [0, 0.05) is 24.2 Å². The van der Waals surface area contributed by atoms with Crippen LogP contribution in [-0.2, 0) is 27.4 Å². The van der Waals surface area contributed by atoms with E-state index < -0.39 is 28.0 Å². The molecule has 0 aromatic heterocycles. The quantitative estimate of drug-likeness (QED) is 0.529. The molecule has 9 heteroatoms. The largest absolute Gasteiger partial charge is 0.497 e. The summed E-state index contributed by atoms with van der Waals surface area (Å²) >= 11 is 0. The highest BCUT2D eigenvalue weighted by Gasteiger charge is 2.37. The van der Waals surface area contributed by atoms with Gasteiger partial charge in [-0.15, -0.1) is 0 Å². The van der Waals surface area contributed by atoms with Gasteiger partial charge in [0.05, 0.1) is 22.9 Å². The van der Waals surface area contributed by atoms with Crippen LogP contribution in [0, 0.1) is 4.78 Å². The maximum Gasteiger partial charge on any atom is 0.407 e. The van der Waals surface area contributed by atoms with Gasteiger partial charge in [0.1, 0.15) is 18.0 Å². The van der Waals surface area contributed by atoms with E-state index in [4.69, 9.17) is 14.3 Å². The molecule has 1 aliphatic heterocycles. The molecule has 1 unspecified atom stereocenters. The van der Waals surface area contributed by atoms with E-state index in [0.29, 0.717) is 17.9 Å². The number of hydrogen-bond acceptors (Lipinski definition) is 7. The molecule has 4 N–H and O–H groups in total. The molecule has 0 aliphatic carbocycles. The van der Waals surface area contributed by atoms with Gasteiger partial charge in [-0.25, -0.2) is 13.8 Å². The van der Waals surface area contributed by atoms with Gasteiger partial charge < -0.3 is 25.2 Å². The zero-order valence-electron chi connectivity index (χ0n) is 17.0. The Morgan fingerprint density at radius 2 is 1.83 bits per heavy atom. The number of alkyl carbamates (subject to hydrolysis) is 1. The average molecular weight is 434 g/mol. The predicted molar refractivity (Wildman–Crippen MR) is 113 cm³/mol. The molecule has 0 spiro atoms. The van der Waals surface area contributed by atoms with Crippen molar-refractivity contribution in [1.82, 2.24) is 10.6 Å². The van der Waals surface area contributed by atoms with E-state index in [1.165, 1.54) is 6.26 Å². The molecule has 0 bridgehead atoms. The van der Waals surface area contributed by atoms with E-state index in [0.717, 1.165) is 16.9 Å². The van der Waals surface area contributed by atoms with Crippen LogP contribution in [0.5, 0.6) is 5.75 Å². The highest BCUT2D eigenvalue weighted by Crippen LogP contribution is 2.19. The van der Waals surface area contributed by atoms with Crippen molar-refractivity contribution >= 4 is 15.8 Å². The number of aliphatic hydroxyl groups is 1. The van der Waals surface area contributed by atoms with Gasteiger partial charge >= 0.3 is 6.09 Å². The van der Waals surface area contributed by atoms with E-state index in [9.17, 15) is 14.1 Å². The first-order valence-electron chi connectivity index (χ1n) is 9.58. The van der Waals surface area contributed by atoms with Gasteiger partial charge in [-0.05, 0) is 41.8 Å². The van der Waals surface area contributed by atoms with Crippen molar-refractivity contribution in [2.24, 2.45) is 0 Å². The fraction of sp³-hybridized carbons (Fsp3) is 0.381. The third-order valence-electron chi connectivity index (χ3n) is 5.03. The average Bonchev–Trinajstić information content (AvgIpc) is 3.06. The van der Waals surface area contributed by atoms with Crippen LogP contribution in [0.1, 0.15) is 11.1 Å². The molecule has 2 aromatic carbocycles. The number of amides is 1. The maximum absolute atomic E-state index is 12.3. The number of carbonyl (C=O) groups is 1. The molecule has 2 aromatic rings. The molecule has 0 radical (unpaired) electrons. The van der Waals surface area contributed by atoms with Crippen LogP contribution in [0.4, 0.5) is 4.79 Å². The fourth-order valence-electron chi connectivity index (χ4n) is 3.34. The Labute approximate surface area is 176 Å². The van der Waals surface area contributed by atoms with Crippen molar-refractivity contribution in [2.75, 3.05) is 19.9 Å². The summed E-state index contributed by atoms with van der Waals surface area (Å²) in [4.78, 5) is 12.7. The van der Waals surface area contributed by atoms with Crippen LogP contribution in [0.2, 0.25) is 0 Å². The molecule has 162 valence electrons. The highest BCUT2D eigenvalue weighted by atomic mass is 32.2. The molecule has 3 rings (SSSR count). The minimum atomic E-state index is -2.76. The summed E-state index contributed by atoms with van der Waals surface area (Å²) in [6.07, 6.45) is -0.105. The van der Waals surface area contributed by atoms with Crippen molar-refractivity contribution in [3.63, 3.8) is 0 Å². The zero-order valence-corrected chi connectivity index (χ0v) is 17.8. The van der Waals surface area contributed by atoms with Crippen LogP contribution in [0.15, 0.2) is 53.4 Å². The van der Waals surface area contributed by atoms with E-state index in [1.54, 1.807) is 31.4 Å². The van der Waals surface area contributed by atoms with E-state index >= 15 is 0 Å². The number of β-amino-alcohol motifs (C(OH)–C–C–N with tert-alkyl or cyclic N) is 1. The number of ether oxygens (including phenoxy) is 2. The molecule has 8 nitrogen and oxygen atoms in total. The summed E-state index contributed by atoms with van der Waals surface area (Å²) in [5.74, 6) is 0.766. The Kier molecular flexibility index (Phi) is 6.96. The fourth-order valence-corrected chi connectivity index (χ4v) is 4.00. The lowest BCUT2D eigenvalue weighted by Crippen LogP contribution is -2.41. The van der Waals surface area contributed by atoms with Crippen molar-refractivity contribution < 1.29 is 23.6 Å². The first-order valence-corrected chi connectivity index (χ1v) is 11.5. The van der Waals surface area contributed by atoms with Gasteiger partial charge in [0.15, 0.2) is 0 Å². The first-order chi connectivity index (χ1) is 14.3. The summed E-state index contributed by atoms with van der Waals surface area (Å²) < 4.78 is 30.0. The zero-order chi connectivity index (χ0) is 21.7. The monoisotopic (exact) mass is 433 g/mol. The molecule has 1 amide bonds. The van der Waals surface area contributed by atoms with Crippen molar-refractivity contribution in [1.29, 1.82) is 4.78 Å². The minimum absolute atomic E-state index is 0.201. The molecule has 1 fully saturated rings. The van der Waals surface area contributed by atoms with Crippen molar-refractivity contribution in [2.45, 2.75) is 36.1 Å². The van der Waals surface area contributed by atoms with Gasteiger partial charge in [0.25, 0.3) is 0 Å². The number of rotatable bonds is 7. The van der Waals surface area contributed by atoms with Gasteiger partial charge in [0.2, 0.25) is 0 Å². The SMILES string of the molecule is COc1ccc(C[C@H]2NC[C@H](O)[C@H]2OC(=O)NCc2ccc(S(C)(=N)=O)cc2)cc1. The van der Waals surface area contributed by atoms with Crippen LogP contribution >= 0.6 is 0 Å². The summed E-state index contributed by atoms with van der Waals surface area (Å²) in [6.45, 7) is 0.574. The summed E-state index contributed by atoms with van der Waals surface area (Å²) in [7, 11) is -1.15. The van der Waals surface area contributed by atoms with Crippen LogP contribution < -0.4 is 15.4 Å². The minimum Gasteiger partial charge on any atom is -0.497 e. The normalized spacial score (nSPS) is 22.8. The molecular formula is C21H27N3O5S. The molecule has 4 atom stereocenters. The number of hydrogen-bond donors (Lipinski definition) is 4. The number of nitrogens with one attached hydrogen (secondary N) is 3. The molecule has 0 saturated carbocycles. The third-order valence-corrected chi connectivity index (χ3v) is 6.20. The molecule has 1 aliphatic rings. The predicted octanol–water partition coefficient (Wildman–Crippen LogP) is 1.90. The topological polar surface area (TPSA) is 121 Å². The molecule has 1 saturated heterocycles. The second kappa shape index (κ2) is 9.46. The Hall–Kier alpha value is -2.62. The van der Waals surface area contributed by atoms with E-state index in [2.05, 4.69) is 10.6 Å². The van der Waals surface area contributed by atoms with Gasteiger partial charge in [-0.2, -0.15) is 0 Å². The second-order valence-electron chi connectivity index (χ2n) is 7.35. The Morgan fingerprint density at radius 3 is 2.43 bits per heavy atom. The van der Waals surface area contributed by atoms with E-state index in [-0.39, 0.29) is 12.6 Å². The summed E-state index contributed by atoms with van der Waals surface area (Å²) in [5, 5.41) is 16.1.